The van der Waals surface area contributed by atoms with Crippen molar-refractivity contribution in [3.8, 4) is 5.75 Å². The molecule has 2 aromatic carbocycles. The fraction of sp³-hybridized carbons (Fsp3) is 0.385. The third kappa shape index (κ3) is 4.32. The van der Waals surface area contributed by atoms with Crippen LogP contribution in [0.15, 0.2) is 54.6 Å². The van der Waals surface area contributed by atoms with Crippen LogP contribution in [0.2, 0.25) is 0 Å². The molecule has 2 aliphatic heterocycles. The fourth-order valence-corrected chi connectivity index (χ4v) is 4.61. The van der Waals surface area contributed by atoms with Crippen LogP contribution in [0.25, 0.3) is 0 Å². The molecule has 0 spiro atoms. The monoisotopic (exact) mass is 465 g/mol. The Kier molecular flexibility index (Phi) is 7.02. The van der Waals surface area contributed by atoms with Crippen LogP contribution in [-0.2, 0) is 21.7 Å². The molecular weight excluding hydrogens is 434 g/mol. The average Bonchev–Trinajstić information content (AvgIpc) is 3.06. The van der Waals surface area contributed by atoms with Gasteiger partial charge >= 0.3 is 0 Å². The lowest BCUT2D eigenvalue weighted by Crippen LogP contribution is -2.48. The van der Waals surface area contributed by atoms with Gasteiger partial charge in [0.25, 0.3) is 5.91 Å². The highest BCUT2D eigenvalue weighted by Gasteiger charge is 2.52. The fourth-order valence-electron chi connectivity index (χ4n) is 4.61. The number of carbonyl (C=O) groups excluding carboxylic acids is 2. The number of methoxy groups -OCH3 is 1. The van der Waals surface area contributed by atoms with Gasteiger partial charge in [0.15, 0.2) is 5.60 Å². The zero-order chi connectivity index (χ0) is 24.3. The van der Waals surface area contributed by atoms with Crippen LogP contribution >= 0.6 is 0 Å². The van der Waals surface area contributed by atoms with Crippen LogP contribution in [0.1, 0.15) is 24.5 Å². The highest BCUT2D eigenvalue weighted by atomic mass is 16.5. The van der Waals surface area contributed by atoms with Crippen molar-refractivity contribution in [3.05, 3.63) is 65.7 Å². The number of benzene rings is 2. The zero-order valence-electron chi connectivity index (χ0n) is 19.5. The van der Waals surface area contributed by atoms with Crippen LogP contribution in [0.4, 0.5) is 11.4 Å². The lowest BCUT2D eigenvalue weighted by molar-refractivity contribution is -0.139. The number of amides is 2. The maximum atomic E-state index is 13.7. The Hall–Kier alpha value is -3.20. The molecule has 2 aromatic rings. The maximum absolute atomic E-state index is 13.7. The summed E-state index contributed by atoms with van der Waals surface area (Å²) in [5.41, 5.74) is 1.00. The molecule has 0 radical (unpaired) electrons. The molecule has 2 amide bonds. The van der Waals surface area contributed by atoms with Gasteiger partial charge < -0.3 is 30.1 Å². The molecule has 1 fully saturated rings. The molecule has 2 atom stereocenters. The summed E-state index contributed by atoms with van der Waals surface area (Å²) in [6.45, 7) is 3.66. The number of ether oxygens (including phenoxy) is 1. The van der Waals surface area contributed by atoms with Gasteiger partial charge in [0.05, 0.1) is 25.9 Å². The van der Waals surface area contributed by atoms with Gasteiger partial charge in [-0.3, -0.25) is 9.59 Å². The van der Waals surface area contributed by atoms with Crippen molar-refractivity contribution < 1.29 is 24.5 Å². The first-order chi connectivity index (χ1) is 16.4. The van der Waals surface area contributed by atoms with E-state index in [-0.39, 0.29) is 19.1 Å². The largest absolute Gasteiger partial charge is 0.497 e. The summed E-state index contributed by atoms with van der Waals surface area (Å²) >= 11 is 0. The summed E-state index contributed by atoms with van der Waals surface area (Å²) < 4.78 is 5.36. The number of nitrogens with zero attached hydrogens (tertiary/aromatic N) is 2. The molecule has 0 aromatic heterocycles. The van der Waals surface area contributed by atoms with Crippen molar-refractivity contribution in [1.29, 1.82) is 0 Å². The number of aliphatic hydroxyl groups excluding tert-OH is 1. The second-order valence-electron chi connectivity index (χ2n) is 8.66. The molecule has 4 rings (SSSR count). The average molecular weight is 466 g/mol. The van der Waals surface area contributed by atoms with Gasteiger partial charge in [-0.05, 0) is 42.3 Å². The third-order valence-corrected chi connectivity index (χ3v) is 6.51. The van der Waals surface area contributed by atoms with Crippen molar-refractivity contribution in [2.45, 2.75) is 25.5 Å². The minimum absolute atomic E-state index is 0.00193. The van der Waals surface area contributed by atoms with Crippen LogP contribution in [0, 0.1) is 5.92 Å². The number of piperazine rings is 1. The van der Waals surface area contributed by atoms with E-state index in [1.165, 1.54) is 0 Å². The molecule has 2 aliphatic rings. The smallest absolute Gasteiger partial charge is 0.264 e. The Bertz CT molecular complexity index is 1100. The lowest BCUT2D eigenvalue weighted by atomic mass is 9.83. The van der Waals surface area contributed by atoms with E-state index in [2.05, 4.69) is 5.32 Å². The highest BCUT2D eigenvalue weighted by Crippen LogP contribution is 2.47. The third-order valence-electron chi connectivity index (χ3n) is 6.51. The molecule has 0 aliphatic carbocycles. The number of hydrogen-bond donors (Lipinski definition) is 3. The SMILES string of the molecule is COc1ccc2c(c1)[C@@](O)([C@H](C)/C=C/CCO)C(=O)N2Cc1cccc(N2CCNCC2=O)c1. The van der Waals surface area contributed by atoms with Crippen molar-refractivity contribution in [2.75, 3.05) is 43.2 Å². The molecular formula is C26H31N3O5. The van der Waals surface area contributed by atoms with Crippen molar-refractivity contribution >= 4 is 23.2 Å². The minimum Gasteiger partial charge on any atom is -0.497 e. The Morgan fingerprint density at radius 3 is 2.79 bits per heavy atom. The van der Waals surface area contributed by atoms with E-state index in [4.69, 9.17) is 9.84 Å². The standard InChI is InChI=1S/C26H31N3O5/c1-18(6-3-4-13-30)26(33)22-15-21(34-2)9-10-23(22)29(25(26)32)17-19-7-5-8-20(14-19)28-12-11-27-16-24(28)31/h3,5-10,14-15,18,27,30,33H,4,11-13,16-17H2,1-2H3/b6-3+/t18-,26+/m1/s1. The van der Waals surface area contributed by atoms with Crippen LogP contribution in [0.5, 0.6) is 5.75 Å². The number of rotatable bonds is 8. The van der Waals surface area contributed by atoms with Gasteiger partial charge in [0.1, 0.15) is 5.75 Å². The zero-order valence-corrected chi connectivity index (χ0v) is 19.5. The molecule has 2 heterocycles. The Balaban J connectivity index is 1.68. The summed E-state index contributed by atoms with van der Waals surface area (Å²) in [6, 6.07) is 12.9. The van der Waals surface area contributed by atoms with E-state index >= 15 is 0 Å². The summed E-state index contributed by atoms with van der Waals surface area (Å²) in [4.78, 5) is 29.3. The van der Waals surface area contributed by atoms with Gasteiger partial charge in [0.2, 0.25) is 5.91 Å². The van der Waals surface area contributed by atoms with E-state index in [1.54, 1.807) is 54.2 Å². The first kappa shape index (κ1) is 23.9. The van der Waals surface area contributed by atoms with E-state index < -0.39 is 17.4 Å². The van der Waals surface area contributed by atoms with Crippen molar-refractivity contribution in [2.24, 2.45) is 5.92 Å². The molecule has 3 N–H and O–H groups in total. The summed E-state index contributed by atoms with van der Waals surface area (Å²) in [7, 11) is 1.54. The first-order valence-corrected chi connectivity index (χ1v) is 11.5. The van der Waals surface area contributed by atoms with Gasteiger partial charge in [-0.2, -0.15) is 0 Å². The molecule has 0 unspecified atom stereocenters. The minimum atomic E-state index is -1.76. The van der Waals surface area contributed by atoms with E-state index in [0.717, 1.165) is 17.8 Å². The number of fused-ring (bicyclic) bond motifs is 1. The van der Waals surface area contributed by atoms with E-state index in [0.29, 0.717) is 36.5 Å². The van der Waals surface area contributed by atoms with E-state index in [1.807, 2.05) is 24.3 Å². The van der Waals surface area contributed by atoms with Gasteiger partial charge in [-0.25, -0.2) is 0 Å². The van der Waals surface area contributed by atoms with Crippen molar-refractivity contribution in [1.82, 2.24) is 5.32 Å². The number of anilines is 2. The Morgan fingerprint density at radius 1 is 1.24 bits per heavy atom. The van der Waals surface area contributed by atoms with Crippen LogP contribution in [-0.4, -0.2) is 55.4 Å². The Morgan fingerprint density at radius 2 is 2.06 bits per heavy atom. The highest BCUT2D eigenvalue weighted by molar-refractivity contribution is 6.07. The van der Waals surface area contributed by atoms with Crippen LogP contribution < -0.4 is 19.9 Å². The number of nitrogens with one attached hydrogen (secondary N) is 1. The maximum Gasteiger partial charge on any atom is 0.264 e. The predicted octanol–water partition coefficient (Wildman–Crippen LogP) is 1.94. The quantitative estimate of drug-likeness (QED) is 0.515. The lowest BCUT2D eigenvalue weighted by Gasteiger charge is -2.29. The predicted molar refractivity (Wildman–Crippen MR) is 130 cm³/mol. The van der Waals surface area contributed by atoms with E-state index in [9.17, 15) is 14.7 Å². The second kappa shape index (κ2) is 9.97. The molecule has 34 heavy (non-hydrogen) atoms. The molecule has 180 valence electrons. The number of aliphatic hydroxyl groups is 2. The summed E-state index contributed by atoms with van der Waals surface area (Å²) in [6.07, 6.45) is 3.98. The second-order valence-corrected chi connectivity index (χ2v) is 8.66. The summed E-state index contributed by atoms with van der Waals surface area (Å²) in [5, 5.41) is 23.9. The summed E-state index contributed by atoms with van der Waals surface area (Å²) in [5.74, 6) is -0.374. The molecule has 1 saturated heterocycles. The van der Waals surface area contributed by atoms with Gasteiger partial charge in [-0.15, -0.1) is 0 Å². The van der Waals surface area contributed by atoms with Crippen molar-refractivity contribution in [3.63, 3.8) is 0 Å². The normalized spacial score (nSPS) is 21.3. The number of carbonyl (C=O) groups is 2. The topological polar surface area (TPSA) is 102 Å². The molecule has 8 nitrogen and oxygen atoms in total. The number of hydrogen-bond acceptors (Lipinski definition) is 6. The first-order valence-electron chi connectivity index (χ1n) is 11.5. The molecule has 0 saturated carbocycles. The van der Waals surface area contributed by atoms with Gasteiger partial charge in [-0.1, -0.05) is 31.2 Å². The van der Waals surface area contributed by atoms with Gasteiger partial charge in [0, 0.05) is 36.9 Å². The Labute approximate surface area is 199 Å². The molecule has 0 bridgehead atoms. The van der Waals surface area contributed by atoms with Crippen LogP contribution in [0.3, 0.4) is 0 Å². The molecule has 8 heteroatoms.